The summed E-state index contributed by atoms with van der Waals surface area (Å²) in [5.41, 5.74) is 4.72. The van der Waals surface area contributed by atoms with Crippen LogP contribution in [-0.4, -0.2) is 64.7 Å². The molecule has 0 spiro atoms. The van der Waals surface area contributed by atoms with Crippen LogP contribution in [0.25, 0.3) is 0 Å². The summed E-state index contributed by atoms with van der Waals surface area (Å²) in [7, 11) is 0. The molecular formula is C13H25N3O2. The molecule has 5 heteroatoms. The number of aliphatic carboxylic acids is 1. The van der Waals surface area contributed by atoms with Gasteiger partial charge in [-0.3, -0.25) is 14.6 Å². The van der Waals surface area contributed by atoms with Gasteiger partial charge >= 0.3 is 5.97 Å². The van der Waals surface area contributed by atoms with Crippen molar-refractivity contribution < 1.29 is 9.90 Å². The van der Waals surface area contributed by atoms with E-state index in [1.165, 1.54) is 19.4 Å². The number of nitrogens with two attached hydrogens (primary N) is 1. The smallest absolute Gasteiger partial charge is 0.323 e. The molecule has 0 aromatic carbocycles. The molecule has 0 saturated carbocycles. The Kier molecular flexibility index (Phi) is 3.94. The number of hydrogen-bond acceptors (Lipinski definition) is 4. The monoisotopic (exact) mass is 255 g/mol. The van der Waals surface area contributed by atoms with Crippen molar-refractivity contribution in [3.8, 4) is 0 Å². The minimum Gasteiger partial charge on any atom is -0.480 e. The molecule has 0 amide bonds. The Morgan fingerprint density at radius 3 is 2.89 bits per heavy atom. The first-order valence-corrected chi connectivity index (χ1v) is 6.90. The van der Waals surface area contributed by atoms with Gasteiger partial charge in [-0.05, 0) is 39.7 Å². The minimum atomic E-state index is -1.12. The van der Waals surface area contributed by atoms with E-state index >= 15 is 0 Å². The zero-order valence-electron chi connectivity index (χ0n) is 11.4. The minimum absolute atomic E-state index is 0.235. The molecule has 2 heterocycles. The summed E-state index contributed by atoms with van der Waals surface area (Å²) in [5, 5.41) is 9.09. The lowest BCUT2D eigenvalue weighted by atomic mass is 9.93. The molecule has 3 N–H and O–H groups in total. The van der Waals surface area contributed by atoms with Crippen molar-refractivity contribution in [3.05, 3.63) is 0 Å². The predicted octanol–water partition coefficient (Wildman–Crippen LogP) is 0.347. The van der Waals surface area contributed by atoms with Crippen LogP contribution in [0.4, 0.5) is 0 Å². The maximum absolute atomic E-state index is 11.1. The molecule has 2 saturated heterocycles. The van der Waals surface area contributed by atoms with Gasteiger partial charge in [-0.1, -0.05) is 0 Å². The van der Waals surface area contributed by atoms with Gasteiger partial charge in [-0.2, -0.15) is 0 Å². The predicted molar refractivity (Wildman–Crippen MR) is 70.5 cm³/mol. The summed E-state index contributed by atoms with van der Waals surface area (Å²) in [6.07, 6.45) is 3.09. The number of carboxylic acid groups (broad SMARTS) is 1. The summed E-state index contributed by atoms with van der Waals surface area (Å²) in [4.78, 5) is 16.0. The highest BCUT2D eigenvalue weighted by molar-refractivity contribution is 5.77. The maximum Gasteiger partial charge on any atom is 0.323 e. The molecule has 2 rings (SSSR count). The van der Waals surface area contributed by atoms with Gasteiger partial charge < -0.3 is 10.8 Å². The second kappa shape index (κ2) is 5.15. The number of fused-ring (bicyclic) bond motifs is 1. The third-order valence-electron chi connectivity index (χ3n) is 4.45. The summed E-state index contributed by atoms with van der Waals surface area (Å²) in [6, 6.07) is 0.911. The topological polar surface area (TPSA) is 69.8 Å². The second-order valence-corrected chi connectivity index (χ2v) is 6.10. The molecule has 5 nitrogen and oxygen atoms in total. The molecular weight excluding hydrogens is 230 g/mol. The van der Waals surface area contributed by atoms with Gasteiger partial charge in [-0.25, -0.2) is 0 Å². The van der Waals surface area contributed by atoms with E-state index in [-0.39, 0.29) is 6.04 Å². The molecule has 0 aromatic rings. The van der Waals surface area contributed by atoms with Crippen molar-refractivity contribution in [3.63, 3.8) is 0 Å². The van der Waals surface area contributed by atoms with Gasteiger partial charge in [0, 0.05) is 31.7 Å². The quantitative estimate of drug-likeness (QED) is 0.758. The van der Waals surface area contributed by atoms with E-state index in [4.69, 9.17) is 10.8 Å². The van der Waals surface area contributed by atoms with Gasteiger partial charge in [0.1, 0.15) is 5.54 Å². The van der Waals surface area contributed by atoms with Crippen molar-refractivity contribution >= 4 is 5.97 Å². The summed E-state index contributed by atoms with van der Waals surface area (Å²) >= 11 is 0. The zero-order valence-corrected chi connectivity index (χ0v) is 11.4. The summed E-state index contributed by atoms with van der Waals surface area (Å²) in [5.74, 6) is -0.908. The fourth-order valence-corrected chi connectivity index (χ4v) is 3.25. The van der Waals surface area contributed by atoms with E-state index < -0.39 is 11.5 Å². The largest absolute Gasteiger partial charge is 0.480 e. The first-order chi connectivity index (χ1) is 8.40. The van der Waals surface area contributed by atoms with Crippen molar-refractivity contribution in [1.82, 2.24) is 9.80 Å². The second-order valence-electron chi connectivity index (χ2n) is 6.10. The average Bonchev–Trinajstić information content (AvgIpc) is 2.74. The molecule has 0 bridgehead atoms. The van der Waals surface area contributed by atoms with Gasteiger partial charge in [0.2, 0.25) is 0 Å². The maximum atomic E-state index is 11.1. The molecule has 0 aromatic heterocycles. The summed E-state index contributed by atoms with van der Waals surface area (Å²) < 4.78 is 0. The third kappa shape index (κ3) is 2.84. The van der Waals surface area contributed by atoms with E-state index in [1.54, 1.807) is 6.92 Å². The van der Waals surface area contributed by atoms with E-state index in [0.717, 1.165) is 19.6 Å². The normalized spacial score (nSPS) is 30.7. The van der Waals surface area contributed by atoms with Gasteiger partial charge in [0.25, 0.3) is 0 Å². The lowest BCUT2D eigenvalue weighted by Gasteiger charge is -2.41. The molecule has 18 heavy (non-hydrogen) atoms. The van der Waals surface area contributed by atoms with E-state index in [2.05, 4.69) is 16.7 Å². The van der Waals surface area contributed by atoms with Crippen molar-refractivity contribution in [2.45, 2.75) is 50.7 Å². The van der Waals surface area contributed by atoms with Crippen LogP contribution in [0.5, 0.6) is 0 Å². The zero-order chi connectivity index (χ0) is 13.3. The fraction of sp³-hybridized carbons (Fsp3) is 0.923. The Morgan fingerprint density at radius 2 is 2.22 bits per heavy atom. The molecule has 0 radical (unpaired) electrons. The van der Waals surface area contributed by atoms with Gasteiger partial charge in [0.15, 0.2) is 0 Å². The highest BCUT2D eigenvalue weighted by Gasteiger charge is 2.36. The van der Waals surface area contributed by atoms with E-state index in [0.29, 0.717) is 12.5 Å². The molecule has 2 aliphatic heterocycles. The van der Waals surface area contributed by atoms with E-state index in [9.17, 15) is 4.79 Å². The first-order valence-electron chi connectivity index (χ1n) is 6.90. The average molecular weight is 255 g/mol. The Labute approximate surface area is 109 Å². The van der Waals surface area contributed by atoms with Crippen LogP contribution in [-0.2, 0) is 4.79 Å². The molecule has 2 fully saturated rings. The number of carbonyl (C=O) groups is 1. The number of piperazine rings is 1. The Hall–Kier alpha value is -0.650. The first kappa shape index (κ1) is 13.8. The third-order valence-corrected chi connectivity index (χ3v) is 4.45. The summed E-state index contributed by atoms with van der Waals surface area (Å²) in [6.45, 7) is 8.15. The van der Waals surface area contributed by atoms with Crippen LogP contribution in [0.3, 0.4) is 0 Å². The van der Waals surface area contributed by atoms with Crippen LogP contribution in [0, 0.1) is 0 Å². The molecule has 3 atom stereocenters. The standard InChI is InChI=1S/C13H25N3O2/c1-10(8-13(2,14)12(17)18)16-7-6-15-5-3-4-11(15)9-16/h10-11H,3-9,14H2,1-2H3,(H,17,18). The number of nitrogens with zero attached hydrogens (tertiary/aromatic N) is 2. The van der Waals surface area contributed by atoms with Crippen molar-refractivity contribution in [2.75, 3.05) is 26.2 Å². The van der Waals surface area contributed by atoms with Gasteiger partial charge in [0.05, 0.1) is 0 Å². The Balaban J connectivity index is 1.90. The highest BCUT2D eigenvalue weighted by atomic mass is 16.4. The van der Waals surface area contributed by atoms with Crippen LogP contribution < -0.4 is 5.73 Å². The fourth-order valence-electron chi connectivity index (χ4n) is 3.25. The van der Waals surface area contributed by atoms with Gasteiger partial charge in [-0.15, -0.1) is 0 Å². The molecule has 3 unspecified atom stereocenters. The number of carboxylic acids is 1. The molecule has 104 valence electrons. The van der Waals surface area contributed by atoms with Crippen LogP contribution in [0.2, 0.25) is 0 Å². The Morgan fingerprint density at radius 1 is 1.50 bits per heavy atom. The number of rotatable bonds is 4. The molecule has 0 aliphatic carbocycles. The van der Waals surface area contributed by atoms with Crippen molar-refractivity contribution in [1.29, 1.82) is 0 Å². The number of hydrogen-bond donors (Lipinski definition) is 2. The van der Waals surface area contributed by atoms with Crippen LogP contribution >= 0.6 is 0 Å². The lowest BCUT2D eigenvalue weighted by molar-refractivity contribution is -0.143. The van der Waals surface area contributed by atoms with E-state index in [1.807, 2.05) is 0 Å². The van der Waals surface area contributed by atoms with Crippen LogP contribution in [0.15, 0.2) is 0 Å². The van der Waals surface area contributed by atoms with Crippen LogP contribution in [0.1, 0.15) is 33.1 Å². The SMILES string of the molecule is CC(CC(C)(N)C(=O)O)N1CCN2CCCC2C1. The lowest BCUT2D eigenvalue weighted by Crippen LogP contribution is -2.56. The highest BCUT2D eigenvalue weighted by Crippen LogP contribution is 2.24. The Bertz CT molecular complexity index is 319. The molecule has 2 aliphatic rings. The van der Waals surface area contributed by atoms with Crippen molar-refractivity contribution in [2.24, 2.45) is 5.73 Å².